The van der Waals surface area contributed by atoms with Gasteiger partial charge in [-0.05, 0) is 37.3 Å². The predicted octanol–water partition coefficient (Wildman–Crippen LogP) is 2.70. The number of aryl methyl sites for hydroxylation is 1. The number of nitrogens with zero attached hydrogens (tertiary/aromatic N) is 2. The summed E-state index contributed by atoms with van der Waals surface area (Å²) in [5, 5.41) is 3.56. The maximum atomic E-state index is 12.8. The summed E-state index contributed by atoms with van der Waals surface area (Å²) in [7, 11) is 0. The molecule has 0 saturated carbocycles. The number of amides is 1. The summed E-state index contributed by atoms with van der Waals surface area (Å²) in [6.07, 6.45) is 5.49. The average molecular weight is 436 g/mol. The van der Waals surface area contributed by atoms with Crippen molar-refractivity contribution in [1.82, 2.24) is 14.9 Å². The van der Waals surface area contributed by atoms with Gasteiger partial charge in [-0.1, -0.05) is 47.9 Å². The lowest BCUT2D eigenvalue weighted by Crippen LogP contribution is -2.32. The van der Waals surface area contributed by atoms with Crippen LogP contribution in [0.1, 0.15) is 35.7 Å². The van der Waals surface area contributed by atoms with Gasteiger partial charge >= 0.3 is 0 Å². The van der Waals surface area contributed by atoms with Crippen molar-refractivity contribution in [2.45, 2.75) is 43.3 Å². The summed E-state index contributed by atoms with van der Waals surface area (Å²) in [5.41, 5.74) is 2.88. The molecule has 2 heterocycles. The van der Waals surface area contributed by atoms with Crippen LogP contribution in [0.3, 0.4) is 0 Å². The van der Waals surface area contributed by atoms with Gasteiger partial charge in [0, 0.05) is 17.7 Å². The highest BCUT2D eigenvalue weighted by atomic mass is 32.2. The Bertz CT molecular complexity index is 1110. The van der Waals surface area contributed by atoms with Crippen molar-refractivity contribution < 1.29 is 9.53 Å². The van der Waals surface area contributed by atoms with Gasteiger partial charge in [0.25, 0.3) is 5.56 Å². The van der Waals surface area contributed by atoms with Crippen molar-refractivity contribution in [3.63, 3.8) is 0 Å². The fourth-order valence-electron chi connectivity index (χ4n) is 3.93. The first-order valence-electron chi connectivity index (χ1n) is 10.5. The normalized spacial score (nSPS) is 16.1. The van der Waals surface area contributed by atoms with Gasteiger partial charge in [0.2, 0.25) is 5.91 Å². The number of nitrogens with one attached hydrogen (secondary N) is 1. The number of rotatable bonds is 7. The number of allylic oxidation sites excluding steroid dienone is 1. The Morgan fingerprint density at radius 1 is 1.35 bits per heavy atom. The Hall–Kier alpha value is -2.98. The van der Waals surface area contributed by atoms with Crippen LogP contribution >= 0.6 is 11.8 Å². The molecule has 31 heavy (non-hydrogen) atoms. The molecule has 0 bridgehead atoms. The van der Waals surface area contributed by atoms with E-state index in [2.05, 4.69) is 28.7 Å². The lowest BCUT2D eigenvalue weighted by Gasteiger charge is -2.13. The fraction of sp³-hybridized carbons (Fsp3) is 0.375. The van der Waals surface area contributed by atoms with Gasteiger partial charge in [-0.2, -0.15) is 0 Å². The van der Waals surface area contributed by atoms with Gasteiger partial charge < -0.3 is 10.1 Å². The number of ether oxygens (including phenoxy) is 1. The second-order valence-electron chi connectivity index (χ2n) is 7.54. The maximum absolute atomic E-state index is 12.8. The molecule has 6 nitrogen and oxygen atoms in total. The molecule has 0 fully saturated rings. The molecule has 1 aliphatic heterocycles. The summed E-state index contributed by atoms with van der Waals surface area (Å²) in [4.78, 5) is 29.8. The first-order valence-corrected chi connectivity index (χ1v) is 11.5. The molecular weight excluding hydrogens is 410 g/mol. The monoisotopic (exact) mass is 435 g/mol. The molecule has 1 unspecified atom stereocenters. The molecule has 4 rings (SSSR count). The number of fused-ring (bicyclic) bond motifs is 2. The van der Waals surface area contributed by atoms with Crippen LogP contribution < -0.4 is 15.6 Å². The van der Waals surface area contributed by atoms with Crippen LogP contribution in [0.25, 0.3) is 0 Å². The zero-order chi connectivity index (χ0) is 21.6. The largest absolute Gasteiger partial charge is 0.481 e. The summed E-state index contributed by atoms with van der Waals surface area (Å²) in [5.74, 6) is 7.22. The molecule has 2 aliphatic rings. The molecule has 2 aromatic rings. The average Bonchev–Trinajstić information content (AvgIpc) is 3.40. The minimum absolute atomic E-state index is 0.0361. The van der Waals surface area contributed by atoms with E-state index in [9.17, 15) is 9.59 Å². The van der Waals surface area contributed by atoms with E-state index in [4.69, 9.17) is 4.74 Å². The number of aromatic nitrogens is 2. The van der Waals surface area contributed by atoms with Crippen LogP contribution in [0.2, 0.25) is 0 Å². The highest BCUT2D eigenvalue weighted by molar-refractivity contribution is 7.99. The van der Waals surface area contributed by atoms with Crippen LogP contribution in [-0.4, -0.2) is 34.4 Å². The summed E-state index contributed by atoms with van der Waals surface area (Å²) >= 11 is 1.56. The predicted molar refractivity (Wildman–Crippen MR) is 122 cm³/mol. The van der Waals surface area contributed by atoms with Gasteiger partial charge in [-0.15, -0.1) is 6.58 Å². The lowest BCUT2D eigenvalue weighted by atomic mass is 10.1. The minimum Gasteiger partial charge on any atom is -0.481 e. The third-order valence-corrected chi connectivity index (χ3v) is 6.53. The van der Waals surface area contributed by atoms with E-state index in [0.717, 1.165) is 53.4 Å². The number of carbonyl (C=O) groups excluding carboxylic acids is 1. The van der Waals surface area contributed by atoms with Crippen molar-refractivity contribution in [1.29, 1.82) is 0 Å². The zero-order valence-corrected chi connectivity index (χ0v) is 18.2. The Labute approximate surface area is 186 Å². The van der Waals surface area contributed by atoms with Crippen LogP contribution in [-0.2, 0) is 24.1 Å². The summed E-state index contributed by atoms with van der Waals surface area (Å²) in [6, 6.07) is 7.64. The first-order chi connectivity index (χ1) is 15.2. The molecule has 0 saturated heterocycles. The van der Waals surface area contributed by atoms with Gasteiger partial charge in [0.05, 0.1) is 18.3 Å². The maximum Gasteiger partial charge on any atom is 0.257 e. The molecule has 1 aliphatic carbocycles. The van der Waals surface area contributed by atoms with Crippen molar-refractivity contribution in [3.05, 3.63) is 64.1 Å². The Kier molecular flexibility index (Phi) is 6.78. The Balaban J connectivity index is 1.26. The number of thioether (sulfide) groups is 1. The second kappa shape index (κ2) is 9.88. The number of benzene rings is 1. The highest BCUT2D eigenvalue weighted by Crippen LogP contribution is 2.33. The van der Waals surface area contributed by atoms with Crippen LogP contribution in [0.5, 0.6) is 5.75 Å². The molecule has 1 N–H and O–H groups in total. The molecule has 1 aromatic carbocycles. The number of hydrogen-bond donors (Lipinski definition) is 1. The van der Waals surface area contributed by atoms with Crippen molar-refractivity contribution in [2.24, 2.45) is 0 Å². The lowest BCUT2D eigenvalue weighted by molar-refractivity contribution is -0.121. The molecular formula is C24H25N3O3S. The topological polar surface area (TPSA) is 73.2 Å². The summed E-state index contributed by atoms with van der Waals surface area (Å²) in [6.45, 7) is 4.26. The number of carbonyl (C=O) groups is 1. The van der Waals surface area contributed by atoms with E-state index in [1.807, 2.05) is 30.3 Å². The van der Waals surface area contributed by atoms with E-state index < -0.39 is 0 Å². The summed E-state index contributed by atoms with van der Waals surface area (Å²) < 4.78 is 7.43. The van der Waals surface area contributed by atoms with E-state index in [1.54, 1.807) is 16.3 Å². The van der Waals surface area contributed by atoms with E-state index in [-0.39, 0.29) is 37.1 Å². The van der Waals surface area contributed by atoms with Crippen LogP contribution in [0, 0.1) is 11.8 Å². The standard InChI is InChI=1S/C24H25N3O3S/c1-2-8-17-9-3-4-12-21(17)30-14-6-5-13-25-22(28)15-18-16-31-24-26-20-11-7-10-19(20)23(29)27(18)24/h2-4,9,12,18H,1,7-8,10-11,13-16H2,(H,25,28). The van der Waals surface area contributed by atoms with Gasteiger partial charge in [-0.3, -0.25) is 14.2 Å². The molecule has 1 amide bonds. The van der Waals surface area contributed by atoms with E-state index >= 15 is 0 Å². The van der Waals surface area contributed by atoms with Crippen molar-refractivity contribution in [2.75, 3.05) is 18.9 Å². The number of para-hydroxylation sites is 1. The van der Waals surface area contributed by atoms with Crippen LogP contribution in [0.4, 0.5) is 0 Å². The first kappa shape index (κ1) is 21.3. The minimum atomic E-state index is -0.149. The van der Waals surface area contributed by atoms with Gasteiger partial charge in [0.1, 0.15) is 12.4 Å². The molecule has 1 atom stereocenters. The Morgan fingerprint density at radius 3 is 3.10 bits per heavy atom. The quantitative estimate of drug-likeness (QED) is 0.411. The fourth-order valence-corrected chi connectivity index (χ4v) is 5.08. The van der Waals surface area contributed by atoms with Crippen molar-refractivity contribution >= 4 is 17.7 Å². The van der Waals surface area contributed by atoms with Gasteiger partial charge in [-0.25, -0.2) is 4.98 Å². The molecule has 7 heteroatoms. The zero-order valence-electron chi connectivity index (χ0n) is 17.4. The highest BCUT2D eigenvalue weighted by Gasteiger charge is 2.30. The molecule has 0 radical (unpaired) electrons. The molecule has 160 valence electrons. The second-order valence-corrected chi connectivity index (χ2v) is 8.52. The third kappa shape index (κ3) is 4.86. The molecule has 0 spiro atoms. The van der Waals surface area contributed by atoms with Crippen LogP contribution in [0.15, 0.2) is 46.9 Å². The van der Waals surface area contributed by atoms with E-state index in [0.29, 0.717) is 5.75 Å². The third-order valence-electron chi connectivity index (χ3n) is 5.43. The smallest absolute Gasteiger partial charge is 0.257 e. The molecule has 1 aromatic heterocycles. The van der Waals surface area contributed by atoms with Crippen molar-refractivity contribution in [3.8, 4) is 17.6 Å². The van der Waals surface area contributed by atoms with E-state index in [1.165, 1.54) is 0 Å². The SMILES string of the molecule is C=CCc1ccccc1OCC#CCNC(=O)CC1CSc2nc3c(c(=O)n21)CCC3. The van der Waals surface area contributed by atoms with Gasteiger partial charge in [0.15, 0.2) is 5.16 Å². The Morgan fingerprint density at radius 2 is 2.23 bits per heavy atom. The number of hydrogen-bond acceptors (Lipinski definition) is 5.